The van der Waals surface area contributed by atoms with Crippen LogP contribution in [0.4, 0.5) is 0 Å². The molecule has 0 spiro atoms. The van der Waals surface area contributed by atoms with Gasteiger partial charge in [-0.1, -0.05) is 53.5 Å². The number of phenolic OH excluding ortho intramolecular Hbond substituents is 1. The number of dihydropyridines is 1. The Morgan fingerprint density at radius 2 is 1.71 bits per heavy atom. The summed E-state index contributed by atoms with van der Waals surface area (Å²) in [6, 6.07) is 19.9. The Bertz CT molecular complexity index is 1550. The van der Waals surface area contributed by atoms with Crippen LogP contribution < -0.4 is 14.8 Å². The number of para-hydroxylation sites is 1. The number of hydrogen-bond acceptors (Lipinski definition) is 7. The third-order valence-electron chi connectivity index (χ3n) is 7.40. The summed E-state index contributed by atoms with van der Waals surface area (Å²) < 4.78 is 17.0. The zero-order chi connectivity index (χ0) is 29.8. The summed E-state index contributed by atoms with van der Waals surface area (Å²) in [7, 11) is 0. The van der Waals surface area contributed by atoms with E-state index in [1.165, 1.54) is 0 Å². The number of ketones is 1. The number of carbonyl (C=O) groups is 2. The molecule has 1 heterocycles. The molecule has 2 aliphatic rings. The Hall–Kier alpha value is -3.94. The molecule has 3 aromatic rings. The number of benzene rings is 3. The smallest absolute Gasteiger partial charge is 0.336 e. The predicted molar refractivity (Wildman–Crippen MR) is 161 cm³/mol. The standard InChI is InChI=1S/C33H31Cl2NO6/c1-3-40-28-18-22(15-25(35)32(28)38)30-29(33(39)42-14-13-41-24-7-5-4-6-8-24)19(2)36-26-16-21(17-27(37)31(26)30)20-9-11-23(34)12-10-20/h4-12,15,18,21,30,36,38H,3,13-14,16-17H2,1-2H3/t21-,30+/m1/s1. The van der Waals surface area contributed by atoms with Gasteiger partial charge in [-0.25, -0.2) is 4.79 Å². The average Bonchev–Trinajstić information content (AvgIpc) is 2.97. The number of phenols is 1. The zero-order valence-corrected chi connectivity index (χ0v) is 24.8. The fourth-order valence-electron chi connectivity index (χ4n) is 5.53. The molecule has 2 N–H and O–H groups in total. The summed E-state index contributed by atoms with van der Waals surface area (Å²) in [6.45, 7) is 4.04. The van der Waals surface area contributed by atoms with Gasteiger partial charge >= 0.3 is 5.97 Å². The van der Waals surface area contributed by atoms with Gasteiger partial charge < -0.3 is 24.6 Å². The fraction of sp³-hybridized carbons (Fsp3) is 0.273. The molecule has 3 aromatic carbocycles. The van der Waals surface area contributed by atoms with Gasteiger partial charge in [-0.05, 0) is 73.7 Å². The molecule has 5 rings (SSSR count). The van der Waals surface area contributed by atoms with Crippen molar-refractivity contribution >= 4 is 35.0 Å². The van der Waals surface area contributed by atoms with Gasteiger partial charge in [0.2, 0.25) is 0 Å². The lowest BCUT2D eigenvalue weighted by Gasteiger charge is -2.37. The normalized spacial score (nSPS) is 18.3. The Kier molecular flexibility index (Phi) is 9.09. The van der Waals surface area contributed by atoms with E-state index < -0.39 is 11.9 Å². The maximum Gasteiger partial charge on any atom is 0.336 e. The van der Waals surface area contributed by atoms with Gasteiger partial charge in [0, 0.05) is 34.3 Å². The molecule has 0 saturated heterocycles. The van der Waals surface area contributed by atoms with E-state index in [2.05, 4.69) is 5.32 Å². The molecule has 9 heteroatoms. The van der Waals surface area contributed by atoms with Crippen LogP contribution in [-0.4, -0.2) is 36.7 Å². The number of halogens is 2. The topological polar surface area (TPSA) is 94.1 Å². The third-order valence-corrected chi connectivity index (χ3v) is 7.94. The van der Waals surface area contributed by atoms with Gasteiger partial charge in [-0.2, -0.15) is 0 Å². The number of nitrogens with one attached hydrogen (secondary N) is 1. The van der Waals surface area contributed by atoms with Gasteiger partial charge in [0.05, 0.1) is 17.2 Å². The first-order chi connectivity index (χ1) is 20.3. The Morgan fingerprint density at radius 3 is 2.43 bits per heavy atom. The van der Waals surface area contributed by atoms with Crippen molar-refractivity contribution in [3.8, 4) is 17.2 Å². The molecule has 7 nitrogen and oxygen atoms in total. The van der Waals surface area contributed by atoms with Crippen molar-refractivity contribution in [2.45, 2.75) is 38.5 Å². The fourth-order valence-corrected chi connectivity index (χ4v) is 5.87. The number of carbonyl (C=O) groups excluding carboxylic acids is 2. The van der Waals surface area contributed by atoms with Gasteiger partial charge in [-0.15, -0.1) is 0 Å². The Labute approximate surface area is 254 Å². The van der Waals surface area contributed by atoms with Crippen molar-refractivity contribution in [2.24, 2.45) is 0 Å². The molecule has 0 amide bonds. The number of allylic oxidation sites excluding steroid dienone is 3. The largest absolute Gasteiger partial charge is 0.503 e. The van der Waals surface area contributed by atoms with Gasteiger partial charge in [0.15, 0.2) is 17.3 Å². The molecule has 0 radical (unpaired) electrons. The van der Waals surface area contributed by atoms with E-state index in [-0.39, 0.29) is 53.4 Å². The minimum atomic E-state index is -0.778. The van der Waals surface area contributed by atoms with Crippen LogP contribution in [0.25, 0.3) is 0 Å². The highest BCUT2D eigenvalue weighted by Gasteiger charge is 2.42. The number of Topliss-reactive ketones (excluding diaryl/α,β-unsaturated/α-hetero) is 1. The van der Waals surface area contributed by atoms with Crippen LogP contribution in [0.15, 0.2) is 89.3 Å². The number of hydrogen-bond donors (Lipinski definition) is 2. The summed E-state index contributed by atoms with van der Waals surface area (Å²) >= 11 is 12.5. The average molecular weight is 609 g/mol. The maximum atomic E-state index is 13.9. The molecule has 218 valence electrons. The van der Waals surface area contributed by atoms with E-state index in [1.54, 1.807) is 26.0 Å². The molecule has 1 aliphatic carbocycles. The molecule has 42 heavy (non-hydrogen) atoms. The first-order valence-corrected chi connectivity index (χ1v) is 14.5. The summed E-state index contributed by atoms with van der Waals surface area (Å²) in [5.74, 6) is -0.874. The van der Waals surface area contributed by atoms with Crippen molar-refractivity contribution in [3.05, 3.63) is 110 Å². The van der Waals surface area contributed by atoms with Gasteiger partial charge in [0.25, 0.3) is 0 Å². The molecule has 2 atom stereocenters. The maximum absolute atomic E-state index is 13.9. The van der Waals surface area contributed by atoms with E-state index in [0.717, 1.165) is 11.3 Å². The minimum absolute atomic E-state index is 0.0102. The summed E-state index contributed by atoms with van der Waals surface area (Å²) in [6.07, 6.45) is 0.822. The molecule has 0 fully saturated rings. The predicted octanol–water partition coefficient (Wildman–Crippen LogP) is 7.08. The summed E-state index contributed by atoms with van der Waals surface area (Å²) in [5.41, 5.74) is 3.62. The molecule has 1 aliphatic heterocycles. The van der Waals surface area contributed by atoms with Crippen molar-refractivity contribution in [2.75, 3.05) is 19.8 Å². The summed E-state index contributed by atoms with van der Waals surface area (Å²) in [4.78, 5) is 27.5. The van der Waals surface area contributed by atoms with Crippen LogP contribution in [0.1, 0.15) is 49.7 Å². The van der Waals surface area contributed by atoms with E-state index >= 15 is 0 Å². The van der Waals surface area contributed by atoms with Crippen molar-refractivity contribution in [1.29, 1.82) is 0 Å². The molecule has 0 aromatic heterocycles. The lowest BCUT2D eigenvalue weighted by atomic mass is 9.71. The number of esters is 1. The second-order valence-electron chi connectivity index (χ2n) is 10.1. The monoisotopic (exact) mass is 607 g/mol. The van der Waals surface area contributed by atoms with Crippen molar-refractivity contribution < 1.29 is 28.9 Å². The number of aromatic hydroxyl groups is 1. The molecular formula is C33H31Cl2NO6. The van der Waals surface area contributed by atoms with E-state index in [4.69, 9.17) is 37.4 Å². The van der Waals surface area contributed by atoms with Crippen LogP contribution in [0.2, 0.25) is 10.0 Å². The highest BCUT2D eigenvalue weighted by molar-refractivity contribution is 6.32. The quantitative estimate of drug-likeness (QED) is 0.198. The molecule has 0 saturated carbocycles. The SMILES string of the molecule is CCOc1cc([C@H]2C(C(=O)OCCOc3ccccc3)=C(C)NC3=C2C(=O)C[C@H](c2ccc(Cl)cc2)C3)cc(Cl)c1O. The van der Waals surface area contributed by atoms with Gasteiger partial charge in [0.1, 0.15) is 19.0 Å². The second kappa shape index (κ2) is 12.9. The zero-order valence-electron chi connectivity index (χ0n) is 23.3. The highest BCUT2D eigenvalue weighted by atomic mass is 35.5. The highest BCUT2D eigenvalue weighted by Crippen LogP contribution is 2.48. The first-order valence-electron chi connectivity index (χ1n) is 13.8. The lowest BCUT2D eigenvalue weighted by Crippen LogP contribution is -2.36. The third kappa shape index (κ3) is 6.27. The lowest BCUT2D eigenvalue weighted by molar-refractivity contribution is -0.140. The summed E-state index contributed by atoms with van der Waals surface area (Å²) in [5, 5.41) is 14.5. The Morgan fingerprint density at radius 1 is 0.976 bits per heavy atom. The van der Waals surface area contributed by atoms with Crippen LogP contribution >= 0.6 is 23.2 Å². The van der Waals surface area contributed by atoms with Crippen molar-refractivity contribution in [1.82, 2.24) is 5.32 Å². The van der Waals surface area contributed by atoms with E-state index in [0.29, 0.717) is 40.6 Å². The minimum Gasteiger partial charge on any atom is -0.503 e. The van der Waals surface area contributed by atoms with Crippen molar-refractivity contribution in [3.63, 3.8) is 0 Å². The van der Waals surface area contributed by atoms with Gasteiger partial charge in [-0.3, -0.25) is 4.79 Å². The number of ether oxygens (including phenoxy) is 3. The van der Waals surface area contributed by atoms with E-state index in [9.17, 15) is 14.7 Å². The van der Waals surface area contributed by atoms with Crippen LogP contribution in [0.5, 0.6) is 17.2 Å². The number of rotatable bonds is 9. The van der Waals surface area contributed by atoms with E-state index in [1.807, 2.05) is 54.6 Å². The molecule has 0 bridgehead atoms. The second-order valence-corrected chi connectivity index (χ2v) is 11.0. The van der Waals surface area contributed by atoms with Crippen LogP contribution in [0.3, 0.4) is 0 Å². The first kappa shape index (κ1) is 29.5. The molecule has 0 unspecified atom stereocenters. The van der Waals surface area contributed by atoms with Crippen LogP contribution in [-0.2, 0) is 14.3 Å². The van der Waals surface area contributed by atoms with Crippen LogP contribution in [0, 0.1) is 0 Å². The Balaban J connectivity index is 1.48. The molecular weight excluding hydrogens is 577 g/mol.